The van der Waals surface area contributed by atoms with Crippen LogP contribution in [-0.4, -0.2) is 57.1 Å². The minimum atomic E-state index is -0.677. The summed E-state index contributed by atoms with van der Waals surface area (Å²) in [6.45, 7) is 1.33. The Bertz CT molecular complexity index is 566. The van der Waals surface area contributed by atoms with Crippen LogP contribution in [0, 0.1) is 0 Å². The van der Waals surface area contributed by atoms with E-state index in [-0.39, 0.29) is 11.6 Å². The Labute approximate surface area is 135 Å². The summed E-state index contributed by atoms with van der Waals surface area (Å²) in [5.41, 5.74) is 0.597. The van der Waals surface area contributed by atoms with E-state index in [1.54, 1.807) is 6.20 Å². The van der Waals surface area contributed by atoms with Crippen molar-refractivity contribution in [2.45, 2.75) is 25.4 Å². The summed E-state index contributed by atoms with van der Waals surface area (Å²) < 4.78 is 13.3. The highest BCUT2D eigenvalue weighted by Crippen LogP contribution is 2.20. The second-order valence-corrected chi connectivity index (χ2v) is 7.96. The van der Waals surface area contributed by atoms with Crippen LogP contribution >= 0.6 is 15.9 Å². The maximum absolute atomic E-state index is 12.2. The van der Waals surface area contributed by atoms with E-state index in [4.69, 9.17) is 0 Å². The first kappa shape index (κ1) is 16.6. The lowest BCUT2D eigenvalue weighted by atomic mass is 10.1. The number of aromatic nitrogens is 2. The third-order valence-corrected chi connectivity index (χ3v) is 5.64. The van der Waals surface area contributed by atoms with Crippen LogP contribution in [0.4, 0.5) is 5.69 Å². The summed E-state index contributed by atoms with van der Waals surface area (Å²) in [5, 5.41) is 7.55. The zero-order valence-corrected chi connectivity index (χ0v) is 14.7. The van der Waals surface area contributed by atoms with Crippen molar-refractivity contribution in [2.24, 2.45) is 0 Å². The largest absolute Gasteiger partial charge is 0.380 e. The Morgan fingerprint density at radius 2 is 2.14 bits per heavy atom. The highest BCUT2D eigenvalue weighted by atomic mass is 79.9. The second-order valence-electron chi connectivity index (χ2n) is 5.47. The standard InChI is InChI=1S/C13H21BrN4O2S/c1-17(2)5-6-18-13(19)12(14)11(9-15-18)16-10-3-7-21(20)8-4-10/h9-10,16H,3-8H2,1-2H3. The number of hydrogen-bond acceptors (Lipinski definition) is 5. The number of nitrogens with zero attached hydrogens (tertiary/aromatic N) is 3. The number of rotatable bonds is 5. The van der Waals surface area contributed by atoms with Gasteiger partial charge in [-0.05, 0) is 42.9 Å². The zero-order chi connectivity index (χ0) is 15.4. The Morgan fingerprint density at radius 3 is 2.76 bits per heavy atom. The predicted octanol–water partition coefficient (Wildman–Crippen LogP) is 0.890. The first-order valence-corrected chi connectivity index (χ1v) is 9.27. The van der Waals surface area contributed by atoms with Crippen molar-refractivity contribution in [3.63, 3.8) is 0 Å². The average molecular weight is 377 g/mol. The molecular formula is C13H21BrN4O2S. The van der Waals surface area contributed by atoms with Crippen molar-refractivity contribution in [2.75, 3.05) is 37.5 Å². The summed E-state index contributed by atoms with van der Waals surface area (Å²) in [4.78, 5) is 14.3. The van der Waals surface area contributed by atoms with Crippen molar-refractivity contribution < 1.29 is 4.21 Å². The van der Waals surface area contributed by atoms with Gasteiger partial charge in [0.15, 0.2) is 0 Å². The van der Waals surface area contributed by atoms with Crippen LogP contribution in [0.15, 0.2) is 15.5 Å². The fourth-order valence-corrected chi connectivity index (χ4v) is 3.90. The van der Waals surface area contributed by atoms with Crippen molar-refractivity contribution in [3.05, 3.63) is 21.0 Å². The van der Waals surface area contributed by atoms with Crippen LogP contribution in [0.25, 0.3) is 0 Å². The molecule has 2 heterocycles. The van der Waals surface area contributed by atoms with Gasteiger partial charge < -0.3 is 10.2 Å². The molecule has 0 amide bonds. The summed E-state index contributed by atoms with van der Waals surface area (Å²) in [6, 6.07) is 0.262. The topological polar surface area (TPSA) is 67.2 Å². The van der Waals surface area contributed by atoms with Crippen molar-refractivity contribution in [1.82, 2.24) is 14.7 Å². The predicted molar refractivity (Wildman–Crippen MR) is 89.3 cm³/mol. The highest BCUT2D eigenvalue weighted by Gasteiger charge is 2.19. The molecule has 0 bridgehead atoms. The Hall–Kier alpha value is -0.730. The molecular weight excluding hydrogens is 356 g/mol. The van der Waals surface area contributed by atoms with Crippen LogP contribution in [0.3, 0.4) is 0 Å². The third-order valence-electron chi connectivity index (χ3n) is 3.49. The molecule has 1 N–H and O–H groups in total. The van der Waals surface area contributed by atoms with Gasteiger partial charge in [-0.2, -0.15) is 5.10 Å². The van der Waals surface area contributed by atoms with Crippen molar-refractivity contribution in [3.8, 4) is 0 Å². The van der Waals surface area contributed by atoms with Crippen LogP contribution in [0.5, 0.6) is 0 Å². The maximum Gasteiger partial charge on any atom is 0.283 e. The average Bonchev–Trinajstić information content (AvgIpc) is 2.45. The minimum absolute atomic E-state index is 0.124. The summed E-state index contributed by atoms with van der Waals surface area (Å²) in [7, 11) is 3.25. The van der Waals surface area contributed by atoms with E-state index >= 15 is 0 Å². The molecule has 0 unspecified atom stereocenters. The summed E-state index contributed by atoms with van der Waals surface area (Å²) in [6.07, 6.45) is 3.41. The molecule has 8 heteroatoms. The lowest BCUT2D eigenvalue weighted by Crippen LogP contribution is -2.32. The molecule has 0 aliphatic carbocycles. The van der Waals surface area contributed by atoms with Crippen LogP contribution in [0.2, 0.25) is 0 Å². The monoisotopic (exact) mass is 376 g/mol. The van der Waals surface area contributed by atoms with Crippen LogP contribution in [-0.2, 0) is 17.3 Å². The number of likely N-dealkylation sites (N-methyl/N-ethyl adjacent to an activating group) is 1. The smallest absolute Gasteiger partial charge is 0.283 e. The lowest BCUT2D eigenvalue weighted by molar-refractivity contribution is 0.367. The summed E-state index contributed by atoms with van der Waals surface area (Å²) in [5.74, 6) is 1.45. The molecule has 0 radical (unpaired) electrons. The number of halogens is 1. The van der Waals surface area contributed by atoms with E-state index < -0.39 is 10.8 Å². The van der Waals surface area contributed by atoms with Gasteiger partial charge in [-0.3, -0.25) is 9.00 Å². The van der Waals surface area contributed by atoms with Gasteiger partial charge in [-0.15, -0.1) is 0 Å². The van der Waals surface area contributed by atoms with Gasteiger partial charge in [0.1, 0.15) is 4.47 Å². The molecule has 21 heavy (non-hydrogen) atoms. The van der Waals surface area contributed by atoms with E-state index in [9.17, 15) is 9.00 Å². The molecule has 1 aliphatic heterocycles. The molecule has 1 aliphatic rings. The van der Waals surface area contributed by atoms with E-state index in [0.29, 0.717) is 11.0 Å². The number of hydrogen-bond donors (Lipinski definition) is 1. The van der Waals surface area contributed by atoms with Crippen LogP contribution in [0.1, 0.15) is 12.8 Å². The maximum atomic E-state index is 12.2. The van der Waals surface area contributed by atoms with E-state index in [1.165, 1.54) is 4.68 Å². The van der Waals surface area contributed by atoms with Crippen molar-refractivity contribution in [1.29, 1.82) is 0 Å². The van der Waals surface area contributed by atoms with Gasteiger partial charge in [0, 0.05) is 34.9 Å². The quantitative estimate of drug-likeness (QED) is 0.826. The fourth-order valence-electron chi connectivity index (χ4n) is 2.18. The summed E-state index contributed by atoms with van der Waals surface area (Å²) >= 11 is 3.37. The van der Waals surface area contributed by atoms with Crippen LogP contribution < -0.4 is 10.9 Å². The fraction of sp³-hybridized carbons (Fsp3) is 0.692. The molecule has 1 saturated heterocycles. The zero-order valence-electron chi connectivity index (χ0n) is 12.3. The second kappa shape index (κ2) is 7.51. The molecule has 0 spiro atoms. The molecule has 0 aromatic carbocycles. The van der Waals surface area contributed by atoms with Gasteiger partial charge in [0.25, 0.3) is 5.56 Å². The van der Waals surface area contributed by atoms with E-state index in [1.807, 2.05) is 19.0 Å². The molecule has 1 fully saturated rings. The van der Waals surface area contributed by atoms with Gasteiger partial charge in [0.2, 0.25) is 0 Å². The molecule has 118 valence electrons. The third kappa shape index (κ3) is 4.62. The Kier molecular flexibility index (Phi) is 5.95. The first-order valence-electron chi connectivity index (χ1n) is 6.99. The minimum Gasteiger partial charge on any atom is -0.380 e. The molecule has 1 aromatic heterocycles. The Balaban J connectivity index is 2.06. The molecule has 0 atom stereocenters. The lowest BCUT2D eigenvalue weighted by Gasteiger charge is -2.24. The molecule has 6 nitrogen and oxygen atoms in total. The molecule has 0 saturated carbocycles. The van der Waals surface area contributed by atoms with Gasteiger partial charge >= 0.3 is 0 Å². The van der Waals surface area contributed by atoms with E-state index in [0.717, 1.165) is 36.6 Å². The first-order chi connectivity index (χ1) is 9.97. The highest BCUT2D eigenvalue weighted by molar-refractivity contribution is 9.10. The molecule has 1 aromatic rings. The van der Waals surface area contributed by atoms with E-state index in [2.05, 4.69) is 26.3 Å². The molecule has 2 rings (SSSR count). The number of nitrogens with one attached hydrogen (secondary N) is 1. The SMILES string of the molecule is CN(C)CCn1ncc(NC2CCS(=O)CC2)c(Br)c1=O. The number of anilines is 1. The van der Waals surface area contributed by atoms with Gasteiger partial charge in [-0.25, -0.2) is 4.68 Å². The normalized spacial score (nSPS) is 22.5. The van der Waals surface area contributed by atoms with Gasteiger partial charge in [0.05, 0.1) is 18.4 Å². The van der Waals surface area contributed by atoms with Crippen molar-refractivity contribution >= 4 is 32.4 Å². The van der Waals surface area contributed by atoms with Gasteiger partial charge in [-0.1, -0.05) is 0 Å². The Morgan fingerprint density at radius 1 is 1.48 bits per heavy atom.